The number of carbonyl (C=O) groups is 2. The molecule has 0 aliphatic rings. The van der Waals surface area contributed by atoms with E-state index in [1.807, 2.05) is 25.1 Å². The Balaban J connectivity index is 2.21. The lowest BCUT2D eigenvalue weighted by Gasteiger charge is -2.17. The van der Waals surface area contributed by atoms with E-state index < -0.39 is 35.1 Å². The molecule has 4 nitrogen and oxygen atoms in total. The number of aryl methyl sites for hydroxylation is 1. The van der Waals surface area contributed by atoms with Gasteiger partial charge in [-0.3, -0.25) is 4.79 Å². The van der Waals surface area contributed by atoms with Gasteiger partial charge in [-0.15, -0.1) is 0 Å². The molecular weight excluding hydrogens is 316 g/mol. The van der Waals surface area contributed by atoms with Gasteiger partial charge < -0.3 is 10.1 Å². The van der Waals surface area contributed by atoms with Crippen LogP contribution in [0.1, 0.15) is 21.5 Å². The maximum Gasteiger partial charge on any atom is 0.328 e. The van der Waals surface area contributed by atoms with E-state index in [1.54, 1.807) is 6.07 Å². The first-order chi connectivity index (χ1) is 11.4. The lowest BCUT2D eigenvalue weighted by molar-refractivity contribution is -0.142. The Bertz CT molecular complexity index is 762. The minimum Gasteiger partial charge on any atom is -0.467 e. The lowest BCUT2D eigenvalue weighted by atomic mass is 10.0. The number of halogens is 2. The molecule has 1 N–H and O–H groups in total. The molecule has 24 heavy (non-hydrogen) atoms. The van der Waals surface area contributed by atoms with Crippen LogP contribution in [0, 0.1) is 18.6 Å². The average Bonchev–Trinajstić information content (AvgIpc) is 2.56. The number of benzene rings is 2. The summed E-state index contributed by atoms with van der Waals surface area (Å²) >= 11 is 0. The summed E-state index contributed by atoms with van der Waals surface area (Å²) in [5.41, 5.74) is 1.34. The van der Waals surface area contributed by atoms with Crippen LogP contribution >= 0.6 is 0 Å². The van der Waals surface area contributed by atoms with Crippen LogP contribution in [0.25, 0.3) is 0 Å². The van der Waals surface area contributed by atoms with Crippen LogP contribution in [0.5, 0.6) is 0 Å². The van der Waals surface area contributed by atoms with Crippen molar-refractivity contribution in [3.05, 3.63) is 70.8 Å². The SMILES string of the molecule is COC(=O)[C@@H](Cc1cccc(C)c1)NC(=O)c1cccc(F)c1F. The van der Waals surface area contributed by atoms with Gasteiger partial charge in [-0.05, 0) is 24.6 Å². The maximum atomic E-state index is 13.7. The molecule has 0 aromatic heterocycles. The Hall–Kier alpha value is -2.76. The van der Waals surface area contributed by atoms with E-state index in [0.29, 0.717) is 0 Å². The van der Waals surface area contributed by atoms with Gasteiger partial charge in [-0.1, -0.05) is 35.9 Å². The number of methoxy groups -OCH3 is 1. The summed E-state index contributed by atoms with van der Waals surface area (Å²) in [6.07, 6.45) is 0.178. The van der Waals surface area contributed by atoms with Gasteiger partial charge in [0.15, 0.2) is 11.6 Å². The van der Waals surface area contributed by atoms with E-state index in [9.17, 15) is 18.4 Å². The largest absolute Gasteiger partial charge is 0.467 e. The van der Waals surface area contributed by atoms with E-state index in [-0.39, 0.29) is 6.42 Å². The number of hydrogen-bond donors (Lipinski definition) is 1. The summed E-state index contributed by atoms with van der Waals surface area (Å²) in [5.74, 6) is -3.93. The smallest absolute Gasteiger partial charge is 0.328 e. The minimum absolute atomic E-state index is 0.178. The molecule has 0 unspecified atom stereocenters. The van der Waals surface area contributed by atoms with Crippen molar-refractivity contribution in [3.8, 4) is 0 Å². The summed E-state index contributed by atoms with van der Waals surface area (Å²) in [6, 6.07) is 9.67. The predicted octanol–water partition coefficient (Wildman–Crippen LogP) is 2.79. The van der Waals surface area contributed by atoms with Crippen LogP contribution in [-0.4, -0.2) is 25.0 Å². The Morgan fingerprint density at radius 2 is 1.88 bits per heavy atom. The van der Waals surface area contributed by atoms with Gasteiger partial charge >= 0.3 is 5.97 Å². The van der Waals surface area contributed by atoms with Crippen LogP contribution in [-0.2, 0) is 16.0 Å². The van der Waals surface area contributed by atoms with Crippen molar-refractivity contribution in [3.63, 3.8) is 0 Å². The summed E-state index contributed by atoms with van der Waals surface area (Å²) in [5, 5.41) is 2.40. The minimum atomic E-state index is -1.26. The highest BCUT2D eigenvalue weighted by atomic mass is 19.2. The first kappa shape index (κ1) is 17.6. The number of nitrogens with one attached hydrogen (secondary N) is 1. The zero-order valence-corrected chi connectivity index (χ0v) is 13.3. The maximum absolute atomic E-state index is 13.7. The molecule has 126 valence electrons. The zero-order chi connectivity index (χ0) is 17.7. The molecule has 0 saturated carbocycles. The predicted molar refractivity (Wildman–Crippen MR) is 84.5 cm³/mol. The Kier molecular flexibility index (Phi) is 5.63. The molecule has 0 aliphatic heterocycles. The van der Waals surface area contributed by atoms with Gasteiger partial charge in [0.1, 0.15) is 6.04 Å². The average molecular weight is 333 g/mol. The van der Waals surface area contributed by atoms with E-state index in [2.05, 4.69) is 10.1 Å². The van der Waals surface area contributed by atoms with Crippen molar-refractivity contribution in [1.82, 2.24) is 5.32 Å². The van der Waals surface area contributed by atoms with Crippen molar-refractivity contribution in [2.24, 2.45) is 0 Å². The fourth-order valence-corrected chi connectivity index (χ4v) is 2.33. The first-order valence-corrected chi connectivity index (χ1v) is 7.30. The molecule has 0 aliphatic carbocycles. The second-order valence-electron chi connectivity index (χ2n) is 5.34. The number of esters is 1. The number of ether oxygens (including phenoxy) is 1. The van der Waals surface area contributed by atoms with Crippen molar-refractivity contribution in [1.29, 1.82) is 0 Å². The fourth-order valence-electron chi connectivity index (χ4n) is 2.33. The molecule has 0 bridgehead atoms. The Morgan fingerprint density at radius 1 is 1.17 bits per heavy atom. The number of carbonyl (C=O) groups excluding carboxylic acids is 2. The summed E-state index contributed by atoms with van der Waals surface area (Å²) < 4.78 is 31.6. The third-order valence-corrected chi connectivity index (χ3v) is 3.51. The molecule has 2 rings (SSSR count). The van der Waals surface area contributed by atoms with Crippen molar-refractivity contribution >= 4 is 11.9 Å². The van der Waals surface area contributed by atoms with Crippen molar-refractivity contribution in [2.45, 2.75) is 19.4 Å². The summed E-state index contributed by atoms with van der Waals surface area (Å²) in [6.45, 7) is 1.90. The summed E-state index contributed by atoms with van der Waals surface area (Å²) in [4.78, 5) is 24.1. The highest BCUT2D eigenvalue weighted by molar-refractivity contribution is 5.97. The van der Waals surface area contributed by atoms with Crippen LogP contribution in [0.4, 0.5) is 8.78 Å². The summed E-state index contributed by atoms with van der Waals surface area (Å²) in [7, 11) is 1.19. The molecular formula is C18H17F2NO3. The molecule has 0 spiro atoms. The van der Waals surface area contributed by atoms with Gasteiger partial charge in [0.05, 0.1) is 12.7 Å². The molecule has 1 amide bonds. The van der Waals surface area contributed by atoms with Crippen LogP contribution < -0.4 is 5.32 Å². The van der Waals surface area contributed by atoms with Gasteiger partial charge in [0.25, 0.3) is 5.91 Å². The topological polar surface area (TPSA) is 55.4 Å². The number of hydrogen-bond acceptors (Lipinski definition) is 3. The third-order valence-electron chi connectivity index (χ3n) is 3.51. The second-order valence-corrected chi connectivity index (χ2v) is 5.34. The van der Waals surface area contributed by atoms with Gasteiger partial charge in [0.2, 0.25) is 0 Å². The van der Waals surface area contributed by atoms with Crippen LogP contribution in [0.15, 0.2) is 42.5 Å². The second kappa shape index (κ2) is 7.68. The highest BCUT2D eigenvalue weighted by Gasteiger charge is 2.24. The number of amides is 1. The Labute approximate surface area is 138 Å². The molecule has 0 radical (unpaired) electrons. The monoisotopic (exact) mass is 333 g/mol. The first-order valence-electron chi connectivity index (χ1n) is 7.30. The molecule has 2 aromatic rings. The highest BCUT2D eigenvalue weighted by Crippen LogP contribution is 2.13. The van der Waals surface area contributed by atoms with Crippen molar-refractivity contribution in [2.75, 3.05) is 7.11 Å². The molecule has 0 heterocycles. The number of rotatable bonds is 5. The van der Waals surface area contributed by atoms with E-state index in [4.69, 9.17) is 0 Å². The van der Waals surface area contributed by atoms with E-state index in [0.717, 1.165) is 23.3 Å². The zero-order valence-electron chi connectivity index (χ0n) is 13.3. The molecule has 2 aromatic carbocycles. The standard InChI is InChI=1S/C18H17F2NO3/c1-11-5-3-6-12(9-11)10-15(18(23)24-2)21-17(22)13-7-4-8-14(19)16(13)20/h3-9,15H,10H2,1-2H3,(H,21,22)/t15-/m1/s1. The fraction of sp³-hybridized carbons (Fsp3) is 0.222. The Morgan fingerprint density at radius 3 is 2.54 bits per heavy atom. The van der Waals surface area contributed by atoms with Gasteiger partial charge in [-0.2, -0.15) is 0 Å². The van der Waals surface area contributed by atoms with E-state index >= 15 is 0 Å². The molecule has 0 fully saturated rings. The van der Waals surface area contributed by atoms with Crippen LogP contribution in [0.2, 0.25) is 0 Å². The third kappa shape index (κ3) is 4.16. The van der Waals surface area contributed by atoms with Gasteiger partial charge in [0, 0.05) is 6.42 Å². The normalized spacial score (nSPS) is 11.7. The quantitative estimate of drug-likeness (QED) is 0.856. The van der Waals surface area contributed by atoms with E-state index in [1.165, 1.54) is 13.2 Å². The molecule has 1 atom stereocenters. The van der Waals surface area contributed by atoms with Crippen molar-refractivity contribution < 1.29 is 23.1 Å². The molecule has 0 saturated heterocycles. The lowest BCUT2D eigenvalue weighted by Crippen LogP contribution is -2.43. The van der Waals surface area contributed by atoms with Crippen LogP contribution in [0.3, 0.4) is 0 Å². The molecule has 6 heteroatoms. The van der Waals surface area contributed by atoms with Gasteiger partial charge in [-0.25, -0.2) is 13.6 Å².